The van der Waals surface area contributed by atoms with Crippen LogP contribution in [-0.2, 0) is 6.54 Å². The highest BCUT2D eigenvalue weighted by Crippen LogP contribution is 2.18. The predicted octanol–water partition coefficient (Wildman–Crippen LogP) is 3.22. The zero-order valence-corrected chi connectivity index (χ0v) is 16.1. The summed E-state index contributed by atoms with van der Waals surface area (Å²) in [4.78, 5) is 14.3. The number of benzene rings is 2. The number of aromatic nitrogens is 2. The van der Waals surface area contributed by atoms with Gasteiger partial charge in [-0.2, -0.15) is 0 Å². The van der Waals surface area contributed by atoms with E-state index in [9.17, 15) is 4.79 Å². The minimum atomic E-state index is -0.273. The van der Waals surface area contributed by atoms with Crippen molar-refractivity contribution in [3.8, 4) is 5.75 Å². The second-order valence-electron chi connectivity index (χ2n) is 6.40. The summed E-state index contributed by atoms with van der Waals surface area (Å²) < 4.78 is 5.12. The molecule has 1 aromatic heterocycles. The fraction of sp³-hybridized carbons (Fsp3) is 0.190. The van der Waals surface area contributed by atoms with Gasteiger partial charge in [-0.25, -0.2) is 0 Å². The van der Waals surface area contributed by atoms with Gasteiger partial charge in [0.05, 0.1) is 7.11 Å². The van der Waals surface area contributed by atoms with Crippen molar-refractivity contribution in [1.29, 1.82) is 0 Å². The maximum absolute atomic E-state index is 12.2. The van der Waals surface area contributed by atoms with Gasteiger partial charge < -0.3 is 20.3 Å². The number of carbonyl (C=O) groups excluding carboxylic acids is 1. The summed E-state index contributed by atoms with van der Waals surface area (Å²) in [5.41, 5.74) is 3.25. The summed E-state index contributed by atoms with van der Waals surface area (Å²) >= 11 is 0. The first kappa shape index (κ1) is 19.2. The number of nitrogens with one attached hydrogen (secondary N) is 2. The lowest BCUT2D eigenvalue weighted by Crippen LogP contribution is -2.24. The topological polar surface area (TPSA) is 79.4 Å². The quantitative estimate of drug-likeness (QED) is 0.658. The van der Waals surface area contributed by atoms with Crippen LogP contribution in [0, 0.1) is 0 Å². The summed E-state index contributed by atoms with van der Waals surface area (Å²) in [6.45, 7) is 0.405. The van der Waals surface area contributed by atoms with Crippen LogP contribution in [0.3, 0.4) is 0 Å². The molecule has 7 heteroatoms. The van der Waals surface area contributed by atoms with E-state index in [1.165, 1.54) is 0 Å². The molecule has 3 rings (SSSR count). The largest absolute Gasteiger partial charge is 0.497 e. The molecule has 28 heavy (non-hydrogen) atoms. The molecule has 0 radical (unpaired) electrons. The van der Waals surface area contributed by atoms with Crippen LogP contribution in [0.2, 0.25) is 0 Å². The Morgan fingerprint density at radius 2 is 1.68 bits per heavy atom. The second kappa shape index (κ2) is 8.85. The van der Waals surface area contributed by atoms with Gasteiger partial charge in [-0.05, 0) is 54.1 Å². The fourth-order valence-corrected chi connectivity index (χ4v) is 2.53. The van der Waals surface area contributed by atoms with Crippen molar-refractivity contribution in [2.45, 2.75) is 6.54 Å². The van der Waals surface area contributed by atoms with Crippen LogP contribution in [0.25, 0.3) is 0 Å². The van der Waals surface area contributed by atoms with E-state index in [0.717, 1.165) is 22.7 Å². The fourth-order valence-electron chi connectivity index (χ4n) is 2.53. The molecule has 0 saturated heterocycles. The van der Waals surface area contributed by atoms with Crippen LogP contribution < -0.4 is 20.3 Å². The molecule has 0 unspecified atom stereocenters. The van der Waals surface area contributed by atoms with Crippen LogP contribution in [0.4, 0.5) is 17.2 Å². The molecule has 2 aromatic carbocycles. The maximum atomic E-state index is 12.2. The van der Waals surface area contributed by atoms with Crippen molar-refractivity contribution in [3.05, 3.63) is 71.9 Å². The van der Waals surface area contributed by atoms with Crippen LogP contribution in [0.5, 0.6) is 5.75 Å². The average molecular weight is 377 g/mol. The Balaban J connectivity index is 1.56. The molecule has 0 aliphatic rings. The standard InChI is InChI=1S/C21H23N5O2/c1-26(2)17-8-6-16(7-9-17)23-20-13-12-19(24-25-20)21(27)22-14-15-4-10-18(28-3)11-5-15/h4-13H,14H2,1-3H3,(H,22,27)(H,23,25). The monoisotopic (exact) mass is 377 g/mol. The van der Waals surface area contributed by atoms with Crippen molar-refractivity contribution in [3.63, 3.8) is 0 Å². The molecule has 7 nitrogen and oxygen atoms in total. The van der Waals surface area contributed by atoms with Gasteiger partial charge in [0.15, 0.2) is 11.5 Å². The highest BCUT2D eigenvalue weighted by atomic mass is 16.5. The third kappa shape index (κ3) is 4.97. The van der Waals surface area contributed by atoms with E-state index in [2.05, 4.69) is 20.8 Å². The Morgan fingerprint density at radius 3 is 2.25 bits per heavy atom. The summed E-state index contributed by atoms with van der Waals surface area (Å²) in [5, 5.41) is 14.1. The Kier molecular flexibility index (Phi) is 6.06. The molecule has 0 aliphatic heterocycles. The lowest BCUT2D eigenvalue weighted by Gasteiger charge is -2.13. The number of methoxy groups -OCH3 is 1. The molecule has 144 valence electrons. The zero-order valence-electron chi connectivity index (χ0n) is 16.1. The van der Waals surface area contributed by atoms with E-state index in [-0.39, 0.29) is 11.6 Å². The van der Waals surface area contributed by atoms with Crippen LogP contribution in [-0.4, -0.2) is 37.3 Å². The highest BCUT2D eigenvalue weighted by molar-refractivity contribution is 5.92. The van der Waals surface area contributed by atoms with Crippen LogP contribution in [0.1, 0.15) is 16.1 Å². The number of anilines is 3. The SMILES string of the molecule is COc1ccc(CNC(=O)c2ccc(Nc3ccc(N(C)C)cc3)nn2)cc1. The van der Waals surface area contributed by atoms with Gasteiger partial charge in [0, 0.05) is 32.0 Å². The van der Waals surface area contributed by atoms with Gasteiger partial charge in [-0.3, -0.25) is 4.79 Å². The Hall–Kier alpha value is -3.61. The number of hydrogen-bond acceptors (Lipinski definition) is 6. The number of amides is 1. The Labute approximate surface area is 164 Å². The predicted molar refractivity (Wildman–Crippen MR) is 110 cm³/mol. The van der Waals surface area contributed by atoms with E-state index < -0.39 is 0 Å². The molecule has 2 N–H and O–H groups in total. The lowest BCUT2D eigenvalue weighted by atomic mass is 10.2. The van der Waals surface area contributed by atoms with E-state index in [1.807, 2.05) is 67.5 Å². The molecule has 1 heterocycles. The first-order chi connectivity index (χ1) is 13.5. The number of hydrogen-bond donors (Lipinski definition) is 2. The number of nitrogens with zero attached hydrogens (tertiary/aromatic N) is 3. The summed E-state index contributed by atoms with van der Waals surface area (Å²) in [7, 11) is 5.60. The molecule has 0 bridgehead atoms. The first-order valence-electron chi connectivity index (χ1n) is 8.84. The molecule has 0 atom stereocenters. The Bertz CT molecular complexity index is 907. The van der Waals surface area contributed by atoms with Crippen molar-refractivity contribution in [2.24, 2.45) is 0 Å². The van der Waals surface area contributed by atoms with E-state index in [0.29, 0.717) is 12.4 Å². The summed E-state index contributed by atoms with van der Waals surface area (Å²) in [5.74, 6) is 1.08. The van der Waals surface area contributed by atoms with Crippen LogP contribution >= 0.6 is 0 Å². The number of rotatable bonds is 7. The minimum Gasteiger partial charge on any atom is -0.497 e. The Morgan fingerprint density at radius 1 is 0.964 bits per heavy atom. The van der Waals surface area contributed by atoms with E-state index >= 15 is 0 Å². The normalized spacial score (nSPS) is 10.2. The van der Waals surface area contributed by atoms with Crippen molar-refractivity contribution < 1.29 is 9.53 Å². The molecule has 0 aliphatic carbocycles. The third-order valence-corrected chi connectivity index (χ3v) is 4.17. The number of ether oxygens (including phenoxy) is 1. The molecule has 0 saturated carbocycles. The van der Waals surface area contributed by atoms with Gasteiger partial charge in [0.25, 0.3) is 5.91 Å². The average Bonchev–Trinajstić information content (AvgIpc) is 2.73. The van der Waals surface area contributed by atoms with Gasteiger partial charge in [0.2, 0.25) is 0 Å². The highest BCUT2D eigenvalue weighted by Gasteiger charge is 2.08. The van der Waals surface area contributed by atoms with Gasteiger partial charge in [0.1, 0.15) is 5.75 Å². The molecule has 1 amide bonds. The molecule has 0 fully saturated rings. The van der Waals surface area contributed by atoms with Crippen LogP contribution in [0.15, 0.2) is 60.7 Å². The lowest BCUT2D eigenvalue weighted by molar-refractivity contribution is 0.0945. The third-order valence-electron chi connectivity index (χ3n) is 4.17. The zero-order chi connectivity index (χ0) is 19.9. The van der Waals surface area contributed by atoms with E-state index in [1.54, 1.807) is 19.2 Å². The van der Waals surface area contributed by atoms with Gasteiger partial charge in [-0.15, -0.1) is 10.2 Å². The minimum absolute atomic E-state index is 0.266. The van der Waals surface area contributed by atoms with Gasteiger partial charge >= 0.3 is 0 Å². The maximum Gasteiger partial charge on any atom is 0.272 e. The van der Waals surface area contributed by atoms with Crippen molar-refractivity contribution >= 4 is 23.1 Å². The smallest absolute Gasteiger partial charge is 0.272 e. The summed E-state index contributed by atoms with van der Waals surface area (Å²) in [6, 6.07) is 18.8. The first-order valence-corrected chi connectivity index (χ1v) is 8.84. The molecule has 3 aromatic rings. The van der Waals surface area contributed by atoms with Gasteiger partial charge in [-0.1, -0.05) is 12.1 Å². The molecule has 0 spiro atoms. The molecular formula is C21H23N5O2. The molecular weight excluding hydrogens is 354 g/mol. The second-order valence-corrected chi connectivity index (χ2v) is 6.40. The van der Waals surface area contributed by atoms with Crippen molar-refractivity contribution in [2.75, 3.05) is 31.4 Å². The number of carbonyl (C=O) groups is 1. The van der Waals surface area contributed by atoms with Crippen molar-refractivity contribution in [1.82, 2.24) is 15.5 Å². The summed E-state index contributed by atoms with van der Waals surface area (Å²) in [6.07, 6.45) is 0. The van der Waals surface area contributed by atoms with E-state index in [4.69, 9.17) is 4.74 Å².